The molecule has 0 radical (unpaired) electrons. The highest BCUT2D eigenvalue weighted by Gasteiger charge is 2.39. The van der Waals surface area contributed by atoms with Crippen LogP contribution in [0.4, 0.5) is 10.1 Å². The van der Waals surface area contributed by atoms with Crippen molar-refractivity contribution < 1.29 is 14.0 Å². The van der Waals surface area contributed by atoms with Crippen LogP contribution >= 0.6 is 11.8 Å². The maximum atomic E-state index is 13.0. The molecule has 0 aliphatic carbocycles. The summed E-state index contributed by atoms with van der Waals surface area (Å²) in [5.74, 6) is -1.58. The fraction of sp³-hybridized carbons (Fsp3) is 0.214. The van der Waals surface area contributed by atoms with Crippen LogP contribution in [0, 0.1) is 17.1 Å². The average molecular weight is 305 g/mol. The number of hydrogen-bond acceptors (Lipinski definition) is 4. The van der Waals surface area contributed by atoms with Gasteiger partial charge in [0.25, 0.3) is 5.91 Å². The van der Waals surface area contributed by atoms with Gasteiger partial charge in [0.05, 0.1) is 5.25 Å². The molecule has 0 spiro atoms. The highest BCUT2D eigenvalue weighted by atomic mass is 32.2. The molecule has 0 aromatic heterocycles. The molecule has 0 saturated carbocycles. The smallest absolute Gasteiger partial charge is 0.262 e. The van der Waals surface area contributed by atoms with Crippen molar-refractivity contribution in [2.45, 2.75) is 18.6 Å². The second-order valence-corrected chi connectivity index (χ2v) is 5.51. The molecular formula is C14H12FN3O2S. The largest absolute Gasteiger partial charge is 0.365 e. The van der Waals surface area contributed by atoms with Crippen LogP contribution in [-0.2, 0) is 9.59 Å². The van der Waals surface area contributed by atoms with E-state index < -0.39 is 17.0 Å². The van der Waals surface area contributed by atoms with Crippen LogP contribution in [-0.4, -0.2) is 17.1 Å². The van der Waals surface area contributed by atoms with E-state index in [2.05, 4.69) is 0 Å². The number of carbonyl (C=O) groups excluding carboxylic acids is 2. The molecule has 1 aliphatic rings. The molecule has 21 heavy (non-hydrogen) atoms. The third-order valence-corrected chi connectivity index (χ3v) is 4.41. The average Bonchev–Trinajstić information content (AvgIpc) is 2.77. The summed E-state index contributed by atoms with van der Waals surface area (Å²) in [6.45, 7) is 1.83. The lowest BCUT2D eigenvalue weighted by molar-refractivity contribution is -0.117. The Balaban J connectivity index is 2.58. The zero-order chi connectivity index (χ0) is 15.6. The number of nitrogens with two attached hydrogens (primary N) is 1. The van der Waals surface area contributed by atoms with Crippen molar-refractivity contribution in [1.29, 1.82) is 5.26 Å². The summed E-state index contributed by atoms with van der Waals surface area (Å²) < 4.78 is 13.0. The number of thioether (sulfide) groups is 1. The van der Waals surface area contributed by atoms with E-state index in [1.165, 1.54) is 29.2 Å². The van der Waals surface area contributed by atoms with Gasteiger partial charge in [0.2, 0.25) is 5.91 Å². The van der Waals surface area contributed by atoms with Crippen molar-refractivity contribution in [3.8, 4) is 6.07 Å². The van der Waals surface area contributed by atoms with E-state index >= 15 is 0 Å². The summed E-state index contributed by atoms with van der Waals surface area (Å²) in [7, 11) is 0. The molecule has 0 unspecified atom stereocenters. The second kappa shape index (κ2) is 5.97. The molecule has 7 heteroatoms. The zero-order valence-corrected chi connectivity index (χ0v) is 12.0. The maximum Gasteiger partial charge on any atom is 0.262 e. The monoisotopic (exact) mass is 305 g/mol. The molecule has 1 fully saturated rings. The van der Waals surface area contributed by atoms with Crippen LogP contribution in [0.1, 0.15) is 13.3 Å². The normalized spacial score (nSPS) is 20.3. The van der Waals surface area contributed by atoms with Gasteiger partial charge in [-0.1, -0.05) is 18.7 Å². The van der Waals surface area contributed by atoms with E-state index in [1.54, 1.807) is 6.07 Å². The number of primary amides is 1. The number of halogens is 1. The number of hydrogen-bond donors (Lipinski definition) is 1. The summed E-state index contributed by atoms with van der Waals surface area (Å²) in [5, 5.41) is 8.90. The molecule has 2 N–H and O–H groups in total. The minimum absolute atomic E-state index is 0.202. The van der Waals surface area contributed by atoms with E-state index in [9.17, 15) is 14.0 Å². The molecule has 5 nitrogen and oxygen atoms in total. The van der Waals surface area contributed by atoms with Crippen molar-refractivity contribution >= 4 is 29.3 Å². The second-order valence-electron chi connectivity index (χ2n) is 4.32. The van der Waals surface area contributed by atoms with Gasteiger partial charge in [0, 0.05) is 5.69 Å². The van der Waals surface area contributed by atoms with Crippen LogP contribution in [0.5, 0.6) is 0 Å². The Morgan fingerprint density at radius 3 is 2.57 bits per heavy atom. The lowest BCUT2D eigenvalue weighted by Gasteiger charge is -2.18. The number of anilines is 1. The van der Waals surface area contributed by atoms with E-state index in [-0.39, 0.29) is 16.5 Å². The van der Waals surface area contributed by atoms with Gasteiger partial charge < -0.3 is 5.73 Å². The van der Waals surface area contributed by atoms with Gasteiger partial charge >= 0.3 is 0 Å². The summed E-state index contributed by atoms with van der Waals surface area (Å²) in [6.07, 6.45) is 0.544. The molecule has 1 atom stereocenters. The molecule has 1 aromatic carbocycles. The number of nitrogens with zero attached hydrogens (tertiary/aromatic N) is 2. The molecule has 108 valence electrons. The zero-order valence-electron chi connectivity index (χ0n) is 11.2. The molecular weight excluding hydrogens is 293 g/mol. The van der Waals surface area contributed by atoms with Crippen molar-refractivity contribution in [2.24, 2.45) is 5.73 Å². The first kappa shape index (κ1) is 15.1. The minimum atomic E-state index is -0.892. The van der Waals surface area contributed by atoms with Crippen molar-refractivity contribution in [3.05, 3.63) is 40.7 Å². The molecule has 2 amide bonds. The Hall–Kier alpha value is -2.33. The number of rotatable bonds is 3. The van der Waals surface area contributed by atoms with Gasteiger partial charge in [0.15, 0.2) is 0 Å². The Morgan fingerprint density at radius 1 is 1.48 bits per heavy atom. The predicted octanol–water partition coefficient (Wildman–Crippen LogP) is 1.90. The number of carbonyl (C=O) groups is 2. The van der Waals surface area contributed by atoms with Crippen molar-refractivity contribution in [2.75, 3.05) is 4.90 Å². The van der Waals surface area contributed by atoms with Gasteiger partial charge in [-0.15, -0.1) is 0 Å². The van der Waals surface area contributed by atoms with Crippen molar-refractivity contribution in [1.82, 2.24) is 0 Å². The Morgan fingerprint density at radius 2 is 2.10 bits per heavy atom. The van der Waals surface area contributed by atoms with Gasteiger partial charge in [-0.05, 0) is 30.7 Å². The molecule has 1 aliphatic heterocycles. The topological polar surface area (TPSA) is 87.2 Å². The van der Waals surface area contributed by atoms with Crippen LogP contribution < -0.4 is 10.6 Å². The molecule has 0 bridgehead atoms. The number of benzene rings is 1. The number of nitriles is 1. The highest BCUT2D eigenvalue weighted by molar-refractivity contribution is 8.05. The first-order valence-electron chi connectivity index (χ1n) is 6.20. The van der Waals surface area contributed by atoms with Crippen LogP contribution in [0.2, 0.25) is 0 Å². The fourth-order valence-corrected chi connectivity index (χ4v) is 3.16. The van der Waals surface area contributed by atoms with E-state index in [0.717, 1.165) is 11.8 Å². The van der Waals surface area contributed by atoms with E-state index in [0.29, 0.717) is 12.1 Å². The van der Waals surface area contributed by atoms with E-state index in [4.69, 9.17) is 11.0 Å². The molecule has 1 heterocycles. The fourth-order valence-electron chi connectivity index (χ4n) is 1.95. The summed E-state index contributed by atoms with van der Waals surface area (Å²) in [6, 6.07) is 6.99. The predicted molar refractivity (Wildman–Crippen MR) is 77.4 cm³/mol. The van der Waals surface area contributed by atoms with Crippen LogP contribution in [0.3, 0.4) is 0 Å². The van der Waals surface area contributed by atoms with Gasteiger partial charge in [0.1, 0.15) is 22.5 Å². The molecule has 1 saturated heterocycles. The summed E-state index contributed by atoms with van der Waals surface area (Å²) in [5.41, 5.74) is 5.32. The first-order chi connectivity index (χ1) is 9.99. The summed E-state index contributed by atoms with van der Waals surface area (Å²) >= 11 is 1.13. The first-order valence-corrected chi connectivity index (χ1v) is 7.08. The standard InChI is InChI=1S/C14H12FN3O2S/c1-2-11-13(20)18(9-5-3-8(15)4-6-9)14(21-11)10(7-16)12(17)19/h3-6,11H,2H2,1H3,(H2,17,19)/b14-10+/t11-/m0/s1. The highest BCUT2D eigenvalue weighted by Crippen LogP contribution is 2.41. The minimum Gasteiger partial charge on any atom is -0.365 e. The lowest BCUT2D eigenvalue weighted by Crippen LogP contribution is -2.29. The van der Waals surface area contributed by atoms with Crippen LogP contribution in [0.25, 0.3) is 0 Å². The Kier molecular flexibility index (Phi) is 4.29. The lowest BCUT2D eigenvalue weighted by atomic mass is 10.2. The SMILES string of the molecule is CC[C@@H]1S/C(=C(\C#N)C(N)=O)N(c2ccc(F)cc2)C1=O. The summed E-state index contributed by atoms with van der Waals surface area (Å²) in [4.78, 5) is 25.0. The quantitative estimate of drug-likeness (QED) is 0.682. The molecule has 1 aromatic rings. The van der Waals surface area contributed by atoms with Crippen molar-refractivity contribution in [3.63, 3.8) is 0 Å². The third-order valence-electron chi connectivity index (χ3n) is 2.98. The number of amides is 2. The third kappa shape index (κ3) is 2.76. The van der Waals surface area contributed by atoms with Crippen LogP contribution in [0.15, 0.2) is 34.9 Å². The Bertz CT molecular complexity index is 664. The Labute approximate surface area is 125 Å². The maximum absolute atomic E-state index is 13.0. The molecule has 2 rings (SSSR count). The van der Waals surface area contributed by atoms with Gasteiger partial charge in [-0.3, -0.25) is 14.5 Å². The van der Waals surface area contributed by atoms with Gasteiger partial charge in [-0.25, -0.2) is 4.39 Å². The van der Waals surface area contributed by atoms with E-state index in [1.807, 2.05) is 6.92 Å². The van der Waals surface area contributed by atoms with Gasteiger partial charge in [-0.2, -0.15) is 5.26 Å².